The Morgan fingerprint density at radius 3 is 1.86 bits per heavy atom. The van der Waals surface area contributed by atoms with E-state index in [4.69, 9.17) is 4.74 Å². The summed E-state index contributed by atoms with van der Waals surface area (Å²) < 4.78 is 6.04. The third-order valence-electron chi connectivity index (χ3n) is 3.93. The number of benzene rings is 2. The molecule has 0 spiro atoms. The zero-order chi connectivity index (χ0) is 16.0. The molecule has 3 rings (SSSR count). The molecule has 0 aliphatic carbocycles. The summed E-state index contributed by atoms with van der Waals surface area (Å²) in [5, 5.41) is 0. The highest BCUT2D eigenvalue weighted by atomic mass is 32.2. The van der Waals surface area contributed by atoms with Gasteiger partial charge in [-0.1, -0.05) is 48.2 Å². The molecule has 0 amide bonds. The summed E-state index contributed by atoms with van der Waals surface area (Å²) in [6, 6.07) is 16.3. The van der Waals surface area contributed by atoms with Crippen LogP contribution in [0.3, 0.4) is 0 Å². The molecule has 1 heterocycles. The number of fused-ring (bicyclic) bond motifs is 2. The molecule has 0 aromatic heterocycles. The van der Waals surface area contributed by atoms with Crippen LogP contribution in [-0.4, -0.2) is 5.97 Å². The van der Waals surface area contributed by atoms with Gasteiger partial charge in [-0.15, -0.1) is 0 Å². The summed E-state index contributed by atoms with van der Waals surface area (Å²) in [4.78, 5) is 14.8. The van der Waals surface area contributed by atoms with Gasteiger partial charge in [0.2, 0.25) is 0 Å². The summed E-state index contributed by atoms with van der Waals surface area (Å²) in [5.74, 6) is -0.188. The lowest BCUT2D eigenvalue weighted by atomic mass is 9.86. The van der Waals surface area contributed by atoms with Gasteiger partial charge in [0.25, 0.3) is 0 Å². The monoisotopic (exact) mass is 312 g/mol. The normalized spacial score (nSPS) is 15.6. The van der Waals surface area contributed by atoms with Crippen molar-refractivity contribution < 1.29 is 9.53 Å². The highest BCUT2D eigenvalue weighted by Crippen LogP contribution is 2.50. The van der Waals surface area contributed by atoms with Crippen LogP contribution in [-0.2, 0) is 15.1 Å². The third-order valence-corrected chi connectivity index (χ3v) is 5.08. The Labute approximate surface area is 135 Å². The first kappa shape index (κ1) is 15.2. The molecule has 0 N–H and O–H groups in total. The van der Waals surface area contributed by atoms with Gasteiger partial charge in [-0.3, -0.25) is 4.79 Å². The fourth-order valence-corrected chi connectivity index (χ4v) is 3.89. The average Bonchev–Trinajstić information content (AvgIpc) is 2.47. The number of carbonyl (C=O) groups excluding carboxylic acids is 1. The first-order chi connectivity index (χ1) is 10.3. The van der Waals surface area contributed by atoms with Crippen molar-refractivity contribution in [2.24, 2.45) is 5.41 Å². The molecule has 22 heavy (non-hydrogen) atoms. The van der Waals surface area contributed by atoms with Crippen LogP contribution in [0.4, 0.5) is 0 Å². The molecule has 2 nitrogen and oxygen atoms in total. The van der Waals surface area contributed by atoms with Crippen molar-refractivity contribution in [3.63, 3.8) is 0 Å². The van der Waals surface area contributed by atoms with Gasteiger partial charge in [0.1, 0.15) is 0 Å². The number of esters is 1. The fraction of sp³-hybridized carbons (Fsp3) is 0.316. The Morgan fingerprint density at radius 2 is 1.41 bits per heavy atom. The van der Waals surface area contributed by atoms with Crippen molar-refractivity contribution in [3.05, 3.63) is 59.7 Å². The van der Waals surface area contributed by atoms with E-state index in [0.717, 1.165) is 20.9 Å². The molecule has 1 aliphatic rings. The number of hydrogen-bond donors (Lipinski definition) is 0. The topological polar surface area (TPSA) is 26.3 Å². The number of rotatable bonds is 1. The predicted octanol–water partition coefficient (Wildman–Crippen LogP) is 5.00. The van der Waals surface area contributed by atoms with Crippen LogP contribution in [0.25, 0.3) is 0 Å². The lowest BCUT2D eigenvalue weighted by Gasteiger charge is -2.38. The highest BCUT2D eigenvalue weighted by Gasteiger charge is 2.42. The molecule has 0 saturated heterocycles. The number of ether oxygens (including phenoxy) is 1. The van der Waals surface area contributed by atoms with Gasteiger partial charge in [-0.25, -0.2) is 0 Å². The van der Waals surface area contributed by atoms with Crippen LogP contribution in [0, 0.1) is 5.41 Å². The van der Waals surface area contributed by atoms with E-state index >= 15 is 0 Å². The molecule has 0 bridgehead atoms. The quantitative estimate of drug-likeness (QED) is 0.693. The summed E-state index contributed by atoms with van der Waals surface area (Å²) in [6.45, 7) is 7.64. The van der Waals surface area contributed by atoms with Crippen molar-refractivity contribution in [1.82, 2.24) is 0 Å². The largest absolute Gasteiger partial charge is 0.449 e. The van der Waals surface area contributed by atoms with Crippen LogP contribution in [0.15, 0.2) is 58.3 Å². The summed E-state index contributed by atoms with van der Waals surface area (Å²) >= 11 is 1.73. The van der Waals surface area contributed by atoms with Gasteiger partial charge in [0.15, 0.2) is 5.60 Å². The molecule has 2 aromatic carbocycles. The predicted molar refractivity (Wildman–Crippen MR) is 89.0 cm³/mol. The Balaban J connectivity index is 2.15. The maximum Gasteiger partial charge on any atom is 0.312 e. The van der Waals surface area contributed by atoms with E-state index in [9.17, 15) is 4.79 Å². The van der Waals surface area contributed by atoms with Gasteiger partial charge in [-0.2, -0.15) is 0 Å². The van der Waals surface area contributed by atoms with E-state index in [2.05, 4.69) is 12.1 Å². The summed E-state index contributed by atoms with van der Waals surface area (Å²) in [6.07, 6.45) is 0. The van der Waals surface area contributed by atoms with Crippen LogP contribution in [0.5, 0.6) is 0 Å². The van der Waals surface area contributed by atoms with E-state index in [-0.39, 0.29) is 5.97 Å². The van der Waals surface area contributed by atoms with Crippen molar-refractivity contribution in [1.29, 1.82) is 0 Å². The first-order valence-corrected chi connectivity index (χ1v) is 8.24. The summed E-state index contributed by atoms with van der Waals surface area (Å²) in [5.41, 5.74) is 0.827. The van der Waals surface area contributed by atoms with Gasteiger partial charge in [0, 0.05) is 20.9 Å². The molecule has 0 atom stereocenters. The van der Waals surface area contributed by atoms with Crippen LogP contribution in [0.2, 0.25) is 0 Å². The van der Waals surface area contributed by atoms with E-state index < -0.39 is 11.0 Å². The fourth-order valence-electron chi connectivity index (χ4n) is 2.61. The van der Waals surface area contributed by atoms with Gasteiger partial charge < -0.3 is 4.74 Å². The molecule has 0 saturated carbocycles. The molecule has 0 fully saturated rings. The first-order valence-electron chi connectivity index (χ1n) is 7.43. The molecular formula is C19H20O2S. The minimum atomic E-state index is -0.747. The van der Waals surface area contributed by atoms with E-state index in [1.807, 2.05) is 64.1 Å². The standard InChI is InChI=1S/C19H20O2S/c1-18(2,3)17(20)21-19(4)13-9-5-7-11-15(13)22-16-12-8-6-10-14(16)19/h5-12H,1-4H3. The number of hydrogen-bond acceptors (Lipinski definition) is 3. The second-order valence-corrected chi connectivity index (χ2v) is 7.85. The Morgan fingerprint density at radius 1 is 0.955 bits per heavy atom. The van der Waals surface area contributed by atoms with Crippen molar-refractivity contribution in [2.45, 2.75) is 43.1 Å². The molecule has 114 valence electrons. The second kappa shape index (κ2) is 5.17. The zero-order valence-corrected chi connectivity index (χ0v) is 14.2. The van der Waals surface area contributed by atoms with Crippen LogP contribution >= 0.6 is 11.8 Å². The third kappa shape index (κ3) is 2.44. The Kier molecular flexibility index (Phi) is 3.56. The van der Waals surface area contributed by atoms with E-state index in [1.54, 1.807) is 11.8 Å². The molecule has 1 aliphatic heterocycles. The number of carbonyl (C=O) groups is 1. The maximum absolute atomic E-state index is 12.5. The van der Waals surface area contributed by atoms with E-state index in [1.165, 1.54) is 0 Å². The molecule has 2 aromatic rings. The zero-order valence-electron chi connectivity index (χ0n) is 13.3. The second-order valence-electron chi connectivity index (χ2n) is 6.77. The molecule has 0 radical (unpaired) electrons. The molecular weight excluding hydrogens is 292 g/mol. The SMILES string of the molecule is CC(C)(C)C(=O)OC1(C)c2ccccc2Sc2ccccc21. The van der Waals surface area contributed by atoms with Gasteiger partial charge >= 0.3 is 5.97 Å². The molecule has 0 unspecified atom stereocenters. The van der Waals surface area contributed by atoms with Crippen LogP contribution in [0.1, 0.15) is 38.8 Å². The van der Waals surface area contributed by atoms with Gasteiger partial charge in [-0.05, 0) is 39.8 Å². The minimum absolute atomic E-state index is 0.188. The minimum Gasteiger partial charge on any atom is -0.449 e. The Bertz CT molecular complexity index is 683. The van der Waals surface area contributed by atoms with E-state index in [0.29, 0.717) is 0 Å². The lowest BCUT2D eigenvalue weighted by molar-refractivity contribution is -0.165. The average molecular weight is 312 g/mol. The van der Waals surface area contributed by atoms with Crippen molar-refractivity contribution in [3.8, 4) is 0 Å². The van der Waals surface area contributed by atoms with Crippen LogP contribution < -0.4 is 0 Å². The summed E-state index contributed by atoms with van der Waals surface area (Å²) in [7, 11) is 0. The highest BCUT2D eigenvalue weighted by molar-refractivity contribution is 7.99. The molecule has 3 heteroatoms. The lowest BCUT2D eigenvalue weighted by Crippen LogP contribution is -2.37. The maximum atomic E-state index is 12.5. The smallest absolute Gasteiger partial charge is 0.312 e. The van der Waals surface area contributed by atoms with Crippen molar-refractivity contribution >= 4 is 17.7 Å². The Hall–Kier alpha value is -1.74. The van der Waals surface area contributed by atoms with Crippen molar-refractivity contribution in [2.75, 3.05) is 0 Å². The van der Waals surface area contributed by atoms with Gasteiger partial charge in [0.05, 0.1) is 5.41 Å².